The molecule has 0 radical (unpaired) electrons. The summed E-state index contributed by atoms with van der Waals surface area (Å²) in [6.07, 6.45) is 3.80. The van der Waals surface area contributed by atoms with Crippen LogP contribution in [0.25, 0.3) is 11.3 Å². The van der Waals surface area contributed by atoms with Gasteiger partial charge in [0.2, 0.25) is 6.79 Å². The van der Waals surface area contributed by atoms with Gasteiger partial charge in [0, 0.05) is 31.8 Å². The summed E-state index contributed by atoms with van der Waals surface area (Å²) in [4.78, 5) is 16.3. The first-order valence-electron chi connectivity index (χ1n) is 11.4. The number of esters is 1. The molecular weight excluding hydrogens is 438 g/mol. The Hall–Kier alpha value is -2.60. The minimum Gasteiger partial charge on any atom is -0.454 e. The Balaban J connectivity index is 2.57. The molecule has 0 saturated heterocycles. The number of allylic oxidation sites excluding steroid dienone is 1. The number of hydrogen-bond donors (Lipinski definition) is 0. The number of aliphatic imine (C=N–C) groups is 1. The molecule has 1 aromatic carbocycles. The zero-order valence-corrected chi connectivity index (χ0v) is 21.6. The molecule has 6 nitrogen and oxygen atoms in total. The molecule has 0 fully saturated rings. The van der Waals surface area contributed by atoms with E-state index in [9.17, 15) is 4.79 Å². The van der Waals surface area contributed by atoms with Gasteiger partial charge in [-0.1, -0.05) is 70.0 Å². The molecule has 0 aliphatic rings. The molecule has 0 amide bonds. The fourth-order valence-electron chi connectivity index (χ4n) is 3.37. The van der Waals surface area contributed by atoms with Crippen LogP contribution in [-0.4, -0.2) is 35.8 Å². The predicted molar refractivity (Wildman–Crippen MR) is 136 cm³/mol. The number of hydrogen-bond acceptors (Lipinski definition) is 5. The number of carbonyl (C=O) groups is 1. The minimum atomic E-state index is -0.289. The maximum absolute atomic E-state index is 12.0. The number of carbonyl (C=O) groups excluding carboxylic acids is 1. The number of halogens is 1. The van der Waals surface area contributed by atoms with Crippen molar-refractivity contribution >= 4 is 35.1 Å². The lowest BCUT2D eigenvalue weighted by molar-refractivity contribution is -0.151. The van der Waals surface area contributed by atoms with E-state index in [0.717, 1.165) is 24.0 Å². The molecule has 33 heavy (non-hydrogen) atoms. The third-order valence-electron chi connectivity index (χ3n) is 5.29. The van der Waals surface area contributed by atoms with Crippen LogP contribution < -0.4 is 0 Å². The van der Waals surface area contributed by atoms with E-state index in [0.29, 0.717) is 35.1 Å². The Morgan fingerprint density at radius 2 is 1.85 bits per heavy atom. The van der Waals surface area contributed by atoms with Gasteiger partial charge in [-0.3, -0.25) is 14.5 Å². The van der Waals surface area contributed by atoms with Crippen LogP contribution >= 0.6 is 11.6 Å². The zero-order chi connectivity index (χ0) is 24.6. The Labute approximate surface area is 202 Å². The molecule has 0 spiro atoms. The fraction of sp³-hybridized carbons (Fsp3) is 0.500. The van der Waals surface area contributed by atoms with Gasteiger partial charge in [0.1, 0.15) is 5.69 Å². The normalized spacial score (nSPS) is 12.7. The number of rotatable bonds is 10. The Morgan fingerprint density at radius 1 is 1.18 bits per heavy atom. The van der Waals surface area contributed by atoms with E-state index >= 15 is 0 Å². The molecule has 0 N–H and O–H groups in total. The van der Waals surface area contributed by atoms with Gasteiger partial charge < -0.3 is 9.47 Å². The van der Waals surface area contributed by atoms with E-state index in [-0.39, 0.29) is 18.2 Å². The lowest BCUT2D eigenvalue weighted by Gasteiger charge is -2.20. The van der Waals surface area contributed by atoms with Gasteiger partial charge >= 0.3 is 5.97 Å². The molecule has 0 saturated carbocycles. The molecule has 180 valence electrons. The molecule has 2 rings (SSSR count). The lowest BCUT2D eigenvalue weighted by Crippen LogP contribution is -2.12. The summed E-state index contributed by atoms with van der Waals surface area (Å²) in [6.45, 7) is 12.8. The van der Waals surface area contributed by atoms with Gasteiger partial charge in [-0.05, 0) is 36.8 Å². The number of unbranched alkanes of at least 4 members (excludes halogenated alkanes) is 1. The fourth-order valence-corrected chi connectivity index (χ4v) is 3.59. The maximum atomic E-state index is 12.0. The van der Waals surface area contributed by atoms with Gasteiger partial charge in [-0.25, -0.2) is 0 Å². The molecule has 0 unspecified atom stereocenters. The topological polar surface area (TPSA) is 65.7 Å². The lowest BCUT2D eigenvalue weighted by atomic mass is 9.86. The molecule has 0 atom stereocenters. The third-order valence-corrected chi connectivity index (χ3v) is 5.74. The highest BCUT2D eigenvalue weighted by Crippen LogP contribution is 2.34. The Kier molecular flexibility index (Phi) is 9.71. The van der Waals surface area contributed by atoms with Crippen molar-refractivity contribution in [2.45, 2.75) is 72.8 Å². The monoisotopic (exact) mass is 473 g/mol. The van der Waals surface area contributed by atoms with Crippen LogP contribution in [0.5, 0.6) is 0 Å². The van der Waals surface area contributed by atoms with E-state index in [4.69, 9.17) is 21.1 Å². The number of nitrogens with zero attached hydrogens (tertiary/aromatic N) is 3. The van der Waals surface area contributed by atoms with Gasteiger partial charge in [0.05, 0.1) is 10.7 Å². The molecule has 1 heterocycles. The van der Waals surface area contributed by atoms with Crippen LogP contribution in [0, 0.1) is 6.92 Å². The van der Waals surface area contributed by atoms with Crippen LogP contribution in [0.1, 0.15) is 76.4 Å². The summed E-state index contributed by atoms with van der Waals surface area (Å²) in [5, 5.41) is 5.03. The first-order chi connectivity index (χ1) is 15.6. The quantitative estimate of drug-likeness (QED) is 0.172. The largest absolute Gasteiger partial charge is 0.454 e. The summed E-state index contributed by atoms with van der Waals surface area (Å²) in [6, 6.07) is 8.29. The molecule has 0 aliphatic heterocycles. The van der Waals surface area contributed by atoms with Crippen LogP contribution in [-0.2, 0) is 26.2 Å². The van der Waals surface area contributed by atoms with Crippen molar-refractivity contribution in [1.82, 2.24) is 9.78 Å². The molecule has 0 aliphatic carbocycles. The van der Waals surface area contributed by atoms with Gasteiger partial charge in [-0.2, -0.15) is 5.10 Å². The van der Waals surface area contributed by atoms with Crippen LogP contribution in [0.15, 0.2) is 29.3 Å². The van der Waals surface area contributed by atoms with Gasteiger partial charge in [0.15, 0.2) is 5.76 Å². The summed E-state index contributed by atoms with van der Waals surface area (Å²) < 4.78 is 13.2. The number of ether oxygens (including phenoxy) is 2. The van der Waals surface area contributed by atoms with Crippen molar-refractivity contribution in [3.8, 4) is 0 Å². The van der Waals surface area contributed by atoms with Crippen molar-refractivity contribution < 1.29 is 14.3 Å². The SMILES string of the molecule is CCCCC(=O)OCO/C(=C(/C=NC)c1ccc(C(C)(C)C)cc1)c1c(Cl)c(C)nn1CC. The van der Waals surface area contributed by atoms with Crippen molar-refractivity contribution in [3.05, 3.63) is 51.8 Å². The molecular formula is C26H36ClN3O3. The average molecular weight is 474 g/mol. The minimum absolute atomic E-state index is 0.0362. The van der Waals surface area contributed by atoms with E-state index in [1.807, 2.05) is 32.9 Å². The highest BCUT2D eigenvalue weighted by molar-refractivity contribution is 6.33. The predicted octanol–water partition coefficient (Wildman–Crippen LogP) is 6.44. The van der Waals surface area contributed by atoms with E-state index in [1.54, 1.807) is 17.9 Å². The number of benzene rings is 1. The second-order valence-electron chi connectivity index (χ2n) is 8.90. The van der Waals surface area contributed by atoms with Crippen LogP contribution in [0.4, 0.5) is 0 Å². The van der Waals surface area contributed by atoms with Crippen molar-refractivity contribution in [2.24, 2.45) is 4.99 Å². The van der Waals surface area contributed by atoms with Gasteiger partial charge in [-0.15, -0.1) is 0 Å². The van der Waals surface area contributed by atoms with E-state index in [2.05, 4.69) is 43.0 Å². The number of aromatic nitrogens is 2. The second kappa shape index (κ2) is 12.0. The van der Waals surface area contributed by atoms with Crippen molar-refractivity contribution in [1.29, 1.82) is 0 Å². The summed E-state index contributed by atoms with van der Waals surface area (Å²) in [5.74, 6) is 0.183. The molecule has 2 aromatic rings. The third kappa shape index (κ3) is 6.94. The highest BCUT2D eigenvalue weighted by Gasteiger charge is 2.23. The van der Waals surface area contributed by atoms with Crippen LogP contribution in [0.3, 0.4) is 0 Å². The molecule has 0 bridgehead atoms. The Bertz CT molecular complexity index is 999. The molecule has 1 aromatic heterocycles. The summed E-state index contributed by atoms with van der Waals surface area (Å²) in [5.41, 5.74) is 4.24. The van der Waals surface area contributed by atoms with Crippen molar-refractivity contribution in [3.63, 3.8) is 0 Å². The zero-order valence-electron chi connectivity index (χ0n) is 20.9. The van der Waals surface area contributed by atoms with Crippen molar-refractivity contribution in [2.75, 3.05) is 13.8 Å². The smallest absolute Gasteiger partial charge is 0.308 e. The summed E-state index contributed by atoms with van der Waals surface area (Å²) in [7, 11) is 1.70. The first-order valence-corrected chi connectivity index (χ1v) is 11.8. The second-order valence-corrected chi connectivity index (χ2v) is 9.28. The van der Waals surface area contributed by atoms with Crippen LogP contribution in [0.2, 0.25) is 5.02 Å². The standard InChI is InChI=1S/C26H36ClN3O3/c1-8-10-11-22(31)32-17-33-25(24-23(27)18(3)29-30(24)9-2)21(16-28-7)19-12-14-20(15-13-19)26(4,5)6/h12-16H,8-11,17H2,1-7H3/b25-21-,28-16?. The summed E-state index contributed by atoms with van der Waals surface area (Å²) >= 11 is 6.66. The molecule has 7 heteroatoms. The highest BCUT2D eigenvalue weighted by atomic mass is 35.5. The first kappa shape index (κ1) is 26.7. The van der Waals surface area contributed by atoms with E-state index < -0.39 is 0 Å². The average Bonchev–Trinajstić information content (AvgIpc) is 3.07. The number of aryl methyl sites for hydroxylation is 2. The maximum Gasteiger partial charge on any atom is 0.308 e. The van der Waals surface area contributed by atoms with E-state index in [1.165, 1.54) is 5.56 Å². The Morgan fingerprint density at radius 3 is 2.39 bits per heavy atom. The van der Waals surface area contributed by atoms with Gasteiger partial charge in [0.25, 0.3) is 0 Å².